The first-order chi connectivity index (χ1) is 11.8. The molecule has 0 fully saturated rings. The van der Waals surface area contributed by atoms with Crippen molar-refractivity contribution in [3.05, 3.63) is 75.1 Å². The predicted molar refractivity (Wildman–Crippen MR) is 95.1 cm³/mol. The Morgan fingerprint density at radius 1 is 1.12 bits per heavy atom. The highest BCUT2D eigenvalue weighted by Gasteiger charge is 2.23. The summed E-state index contributed by atoms with van der Waals surface area (Å²) in [6.07, 6.45) is 0. The molecule has 2 aromatic carbocycles. The van der Waals surface area contributed by atoms with Crippen LogP contribution in [0.2, 0.25) is 5.02 Å². The van der Waals surface area contributed by atoms with Gasteiger partial charge in [-0.3, -0.25) is 4.79 Å². The van der Waals surface area contributed by atoms with Gasteiger partial charge in [0.05, 0.1) is 4.90 Å². The van der Waals surface area contributed by atoms with Gasteiger partial charge in [-0.2, -0.15) is 0 Å². The van der Waals surface area contributed by atoms with Crippen molar-refractivity contribution in [1.29, 1.82) is 0 Å². The molecule has 0 aliphatic rings. The Hall–Kier alpha value is -2.44. The lowest BCUT2D eigenvalue weighted by atomic mass is 10.1. The van der Waals surface area contributed by atoms with Crippen LogP contribution in [-0.2, 0) is 9.84 Å². The van der Waals surface area contributed by atoms with Gasteiger partial charge in [0, 0.05) is 10.4 Å². The van der Waals surface area contributed by atoms with E-state index in [9.17, 15) is 18.0 Å². The van der Waals surface area contributed by atoms with Crippen LogP contribution < -0.4 is 5.63 Å². The van der Waals surface area contributed by atoms with Gasteiger partial charge in [0.1, 0.15) is 16.9 Å². The fraction of sp³-hybridized carbons (Fsp3) is 0.111. The van der Waals surface area contributed by atoms with E-state index in [0.29, 0.717) is 16.0 Å². The number of sulfone groups is 1. The van der Waals surface area contributed by atoms with Crippen LogP contribution in [-0.4, -0.2) is 20.0 Å². The first kappa shape index (κ1) is 17.4. The van der Waals surface area contributed by atoms with Crippen molar-refractivity contribution in [3.63, 3.8) is 0 Å². The maximum Gasteiger partial charge on any atom is 0.347 e. The first-order valence-corrected chi connectivity index (χ1v) is 9.36. The number of Topliss-reactive ketones (excluding diaryl/α,β-unsaturated/α-hetero) is 1. The number of hydrogen-bond donors (Lipinski definition) is 0. The average molecular weight is 377 g/mol. The summed E-state index contributed by atoms with van der Waals surface area (Å²) in [4.78, 5) is 24.4. The van der Waals surface area contributed by atoms with E-state index in [1.807, 2.05) is 0 Å². The number of halogens is 1. The normalized spacial score (nSPS) is 11.6. The molecule has 0 saturated heterocycles. The summed E-state index contributed by atoms with van der Waals surface area (Å²) in [5, 5.41) is 0.947. The number of benzene rings is 2. The zero-order valence-corrected chi connectivity index (χ0v) is 14.7. The van der Waals surface area contributed by atoms with E-state index in [0.717, 1.165) is 5.56 Å². The van der Waals surface area contributed by atoms with Crippen LogP contribution in [0.15, 0.2) is 62.6 Å². The molecule has 0 saturated carbocycles. The van der Waals surface area contributed by atoms with Crippen LogP contribution in [0.3, 0.4) is 0 Å². The van der Waals surface area contributed by atoms with E-state index in [2.05, 4.69) is 0 Å². The molecule has 0 unspecified atom stereocenters. The second-order valence-corrected chi connectivity index (χ2v) is 8.00. The Balaban J connectivity index is 1.98. The summed E-state index contributed by atoms with van der Waals surface area (Å²) >= 11 is 5.74. The highest BCUT2D eigenvalue weighted by Crippen LogP contribution is 2.19. The number of rotatable bonds is 4. The van der Waals surface area contributed by atoms with E-state index < -0.39 is 27.0 Å². The average Bonchev–Trinajstić information content (AvgIpc) is 2.55. The summed E-state index contributed by atoms with van der Waals surface area (Å²) in [5.74, 6) is -1.64. The maximum atomic E-state index is 12.4. The molecule has 0 spiro atoms. The number of para-hydroxylation sites is 1. The molecule has 3 aromatic rings. The van der Waals surface area contributed by atoms with Crippen molar-refractivity contribution in [2.45, 2.75) is 11.8 Å². The van der Waals surface area contributed by atoms with Crippen LogP contribution in [0.25, 0.3) is 11.0 Å². The van der Waals surface area contributed by atoms with Crippen molar-refractivity contribution < 1.29 is 17.6 Å². The van der Waals surface area contributed by atoms with Gasteiger partial charge >= 0.3 is 5.63 Å². The molecule has 1 aromatic heterocycles. The third kappa shape index (κ3) is 3.50. The standard InChI is InChI=1S/C18H13ClO5S/c1-11-3-2-4-12-9-15(18(21)24-17(11)12)16(20)10-25(22,23)14-7-5-13(19)6-8-14/h2-9H,10H2,1H3. The Bertz CT molecular complexity index is 1130. The highest BCUT2D eigenvalue weighted by molar-refractivity contribution is 7.92. The SMILES string of the molecule is Cc1cccc2cc(C(=O)CS(=O)(=O)c3ccc(Cl)cc3)c(=O)oc12. The largest absolute Gasteiger partial charge is 0.422 e. The Labute approximate surface area is 148 Å². The quantitative estimate of drug-likeness (QED) is 0.514. The van der Waals surface area contributed by atoms with Gasteiger partial charge in [0.25, 0.3) is 0 Å². The lowest BCUT2D eigenvalue weighted by Crippen LogP contribution is -2.22. The molecule has 3 rings (SSSR count). The van der Waals surface area contributed by atoms with E-state index in [1.54, 1.807) is 25.1 Å². The summed E-state index contributed by atoms with van der Waals surface area (Å²) in [5.41, 5.74) is 0.000683. The Morgan fingerprint density at radius 2 is 1.80 bits per heavy atom. The van der Waals surface area contributed by atoms with Crippen LogP contribution in [0.1, 0.15) is 15.9 Å². The minimum Gasteiger partial charge on any atom is -0.422 e. The summed E-state index contributed by atoms with van der Waals surface area (Å²) < 4.78 is 29.9. The fourth-order valence-corrected chi connectivity index (χ4v) is 3.80. The number of fused-ring (bicyclic) bond motifs is 1. The summed E-state index contributed by atoms with van der Waals surface area (Å²) in [7, 11) is -3.89. The van der Waals surface area contributed by atoms with Crippen molar-refractivity contribution in [2.24, 2.45) is 0 Å². The van der Waals surface area contributed by atoms with E-state index in [-0.39, 0.29) is 10.5 Å². The molecule has 0 atom stereocenters. The molecule has 0 aliphatic carbocycles. The molecular weight excluding hydrogens is 364 g/mol. The van der Waals surface area contributed by atoms with Gasteiger partial charge in [0.15, 0.2) is 15.6 Å². The Kier molecular flexibility index (Phi) is 4.49. The maximum absolute atomic E-state index is 12.4. The molecule has 0 amide bonds. The Morgan fingerprint density at radius 3 is 2.48 bits per heavy atom. The molecule has 128 valence electrons. The minimum absolute atomic E-state index is 0.0359. The molecule has 1 heterocycles. The molecule has 0 bridgehead atoms. The molecule has 0 N–H and O–H groups in total. The van der Waals surface area contributed by atoms with Crippen molar-refractivity contribution in [3.8, 4) is 0 Å². The topological polar surface area (TPSA) is 81.4 Å². The van der Waals surface area contributed by atoms with Crippen LogP contribution in [0, 0.1) is 6.92 Å². The third-order valence-electron chi connectivity index (χ3n) is 3.75. The van der Waals surface area contributed by atoms with Crippen molar-refractivity contribution >= 4 is 38.2 Å². The third-order valence-corrected chi connectivity index (χ3v) is 5.64. The number of hydrogen-bond acceptors (Lipinski definition) is 5. The van der Waals surface area contributed by atoms with Gasteiger partial charge in [-0.15, -0.1) is 0 Å². The molecule has 0 aliphatic heterocycles. The van der Waals surface area contributed by atoms with E-state index >= 15 is 0 Å². The molecular formula is C18H13ClO5S. The van der Waals surface area contributed by atoms with Gasteiger partial charge in [-0.1, -0.05) is 29.8 Å². The molecule has 25 heavy (non-hydrogen) atoms. The van der Waals surface area contributed by atoms with E-state index in [4.69, 9.17) is 16.0 Å². The molecule has 0 radical (unpaired) electrons. The zero-order chi connectivity index (χ0) is 18.2. The van der Waals surface area contributed by atoms with Gasteiger partial charge < -0.3 is 4.42 Å². The number of ketones is 1. The number of carbonyl (C=O) groups is 1. The summed E-state index contributed by atoms with van der Waals surface area (Å²) in [6, 6.07) is 12.1. The second-order valence-electron chi connectivity index (χ2n) is 5.58. The first-order valence-electron chi connectivity index (χ1n) is 7.33. The van der Waals surface area contributed by atoms with Crippen molar-refractivity contribution in [1.82, 2.24) is 0 Å². The monoisotopic (exact) mass is 376 g/mol. The zero-order valence-electron chi connectivity index (χ0n) is 13.2. The minimum atomic E-state index is -3.89. The van der Waals surface area contributed by atoms with Crippen LogP contribution >= 0.6 is 11.6 Å². The smallest absolute Gasteiger partial charge is 0.347 e. The molecule has 5 nitrogen and oxygen atoms in total. The lowest BCUT2D eigenvalue weighted by molar-refractivity contribution is 0.101. The lowest BCUT2D eigenvalue weighted by Gasteiger charge is -2.05. The number of aryl methyl sites for hydroxylation is 1. The highest BCUT2D eigenvalue weighted by atomic mass is 35.5. The van der Waals surface area contributed by atoms with E-state index in [1.165, 1.54) is 30.3 Å². The predicted octanol–water partition coefficient (Wildman–Crippen LogP) is 3.41. The fourth-order valence-electron chi connectivity index (χ4n) is 2.46. The van der Waals surface area contributed by atoms with Gasteiger partial charge in [-0.05, 0) is 42.8 Å². The van der Waals surface area contributed by atoms with Crippen LogP contribution in [0.4, 0.5) is 0 Å². The van der Waals surface area contributed by atoms with Gasteiger partial charge in [0.2, 0.25) is 0 Å². The number of carbonyl (C=O) groups excluding carboxylic acids is 1. The van der Waals surface area contributed by atoms with Crippen LogP contribution in [0.5, 0.6) is 0 Å². The second kappa shape index (κ2) is 6.46. The van der Waals surface area contributed by atoms with Gasteiger partial charge in [-0.25, -0.2) is 13.2 Å². The van der Waals surface area contributed by atoms with Crippen molar-refractivity contribution in [2.75, 3.05) is 5.75 Å². The molecule has 7 heteroatoms. The summed E-state index contributed by atoms with van der Waals surface area (Å²) in [6.45, 7) is 1.78.